The number of carbonyl (C=O) groups excluding carboxylic acids is 1. The molecule has 2 aromatic heterocycles. The molecule has 7 heteroatoms. The fourth-order valence-electron chi connectivity index (χ4n) is 2.79. The number of halogens is 1. The van der Waals surface area contributed by atoms with E-state index in [0.717, 1.165) is 5.69 Å². The normalized spacial score (nSPS) is 14.7. The van der Waals surface area contributed by atoms with E-state index in [1.807, 2.05) is 18.2 Å². The van der Waals surface area contributed by atoms with Crippen LogP contribution in [0.25, 0.3) is 17.1 Å². The molecular formula is C18H16ClN3O3. The van der Waals surface area contributed by atoms with Crippen LogP contribution in [0.1, 0.15) is 10.5 Å². The van der Waals surface area contributed by atoms with Crippen molar-refractivity contribution in [3.63, 3.8) is 0 Å². The summed E-state index contributed by atoms with van der Waals surface area (Å²) in [5, 5.41) is 5.16. The molecule has 4 rings (SSSR count). The highest BCUT2D eigenvalue weighted by molar-refractivity contribution is 6.30. The molecule has 1 aliphatic heterocycles. The van der Waals surface area contributed by atoms with Gasteiger partial charge in [-0.1, -0.05) is 11.6 Å². The fourth-order valence-corrected chi connectivity index (χ4v) is 2.92. The number of morpholine rings is 1. The fraction of sp³-hybridized carbons (Fsp3) is 0.222. The number of furan rings is 1. The lowest BCUT2D eigenvalue weighted by atomic mass is 10.2. The molecule has 128 valence electrons. The molecule has 0 unspecified atom stereocenters. The Hall–Kier alpha value is -2.57. The van der Waals surface area contributed by atoms with E-state index in [9.17, 15) is 4.79 Å². The molecule has 0 bridgehead atoms. The van der Waals surface area contributed by atoms with E-state index in [2.05, 4.69) is 5.10 Å². The molecule has 0 aliphatic carbocycles. The first-order chi connectivity index (χ1) is 12.2. The highest BCUT2D eigenvalue weighted by Gasteiger charge is 2.24. The maximum atomic E-state index is 12.8. The Bertz CT molecular complexity index is 866. The minimum absolute atomic E-state index is 0.108. The second-order valence-electron chi connectivity index (χ2n) is 5.68. The standard InChI is InChI=1S/C18H16ClN3O3/c19-13-3-5-14(6-4-13)22-16(17-2-1-9-25-17)12-15(20-22)18(23)21-7-10-24-11-8-21/h1-6,9,12H,7-8,10-11H2. The number of rotatable bonds is 3. The third-order valence-electron chi connectivity index (χ3n) is 4.07. The van der Waals surface area contributed by atoms with Gasteiger partial charge in [0.15, 0.2) is 11.5 Å². The third-order valence-corrected chi connectivity index (χ3v) is 4.32. The molecule has 1 aromatic carbocycles. The van der Waals surface area contributed by atoms with Crippen molar-refractivity contribution in [3.05, 3.63) is 59.4 Å². The molecule has 1 fully saturated rings. The Morgan fingerprint density at radius 3 is 2.56 bits per heavy atom. The molecule has 6 nitrogen and oxygen atoms in total. The molecule has 0 saturated carbocycles. The minimum Gasteiger partial charge on any atom is -0.463 e. The molecule has 0 N–H and O–H groups in total. The minimum atomic E-state index is -0.108. The van der Waals surface area contributed by atoms with Gasteiger partial charge in [-0.15, -0.1) is 0 Å². The summed E-state index contributed by atoms with van der Waals surface area (Å²) >= 11 is 5.97. The van der Waals surface area contributed by atoms with Crippen LogP contribution in [-0.2, 0) is 4.74 Å². The van der Waals surface area contributed by atoms with Crippen LogP contribution in [0.2, 0.25) is 5.02 Å². The van der Waals surface area contributed by atoms with Crippen molar-refractivity contribution >= 4 is 17.5 Å². The van der Waals surface area contributed by atoms with Gasteiger partial charge in [0.25, 0.3) is 5.91 Å². The van der Waals surface area contributed by atoms with Crippen LogP contribution in [0.5, 0.6) is 0 Å². The van der Waals surface area contributed by atoms with Gasteiger partial charge in [-0.2, -0.15) is 5.10 Å². The summed E-state index contributed by atoms with van der Waals surface area (Å²) in [6.45, 7) is 2.24. The van der Waals surface area contributed by atoms with Crippen LogP contribution in [0, 0.1) is 0 Å². The molecule has 0 radical (unpaired) electrons. The van der Waals surface area contributed by atoms with Crippen LogP contribution < -0.4 is 0 Å². The van der Waals surface area contributed by atoms with Crippen molar-refractivity contribution < 1.29 is 13.9 Å². The van der Waals surface area contributed by atoms with Crippen LogP contribution >= 0.6 is 11.6 Å². The largest absolute Gasteiger partial charge is 0.463 e. The lowest BCUT2D eigenvalue weighted by molar-refractivity contribution is 0.0298. The quantitative estimate of drug-likeness (QED) is 0.722. The predicted molar refractivity (Wildman–Crippen MR) is 93.0 cm³/mol. The Labute approximate surface area is 149 Å². The van der Waals surface area contributed by atoms with Gasteiger partial charge in [-0.3, -0.25) is 4.79 Å². The molecule has 0 atom stereocenters. The number of aromatic nitrogens is 2. The topological polar surface area (TPSA) is 60.5 Å². The summed E-state index contributed by atoms with van der Waals surface area (Å²) < 4.78 is 12.5. The number of ether oxygens (including phenoxy) is 1. The summed E-state index contributed by atoms with van der Waals surface area (Å²) in [6, 6.07) is 12.7. The van der Waals surface area contributed by atoms with Crippen molar-refractivity contribution in [2.45, 2.75) is 0 Å². The second kappa shape index (κ2) is 6.74. The zero-order valence-corrected chi connectivity index (χ0v) is 14.1. The Balaban J connectivity index is 1.75. The van der Waals surface area contributed by atoms with Crippen LogP contribution in [0.3, 0.4) is 0 Å². The number of hydrogen-bond donors (Lipinski definition) is 0. The van der Waals surface area contributed by atoms with Gasteiger partial charge in [0, 0.05) is 24.2 Å². The van der Waals surface area contributed by atoms with E-state index in [0.29, 0.717) is 48.5 Å². The van der Waals surface area contributed by atoms with Gasteiger partial charge >= 0.3 is 0 Å². The Morgan fingerprint density at radius 2 is 1.88 bits per heavy atom. The Kier molecular flexibility index (Phi) is 4.29. The SMILES string of the molecule is O=C(c1cc(-c2ccco2)n(-c2ccc(Cl)cc2)n1)N1CCOCC1. The van der Waals surface area contributed by atoms with Gasteiger partial charge < -0.3 is 14.1 Å². The summed E-state index contributed by atoms with van der Waals surface area (Å²) in [7, 11) is 0. The number of benzene rings is 1. The van der Waals surface area contributed by atoms with Crippen LogP contribution in [0.15, 0.2) is 53.1 Å². The maximum absolute atomic E-state index is 12.8. The monoisotopic (exact) mass is 357 g/mol. The van der Waals surface area contributed by atoms with Crippen molar-refractivity contribution in [2.24, 2.45) is 0 Å². The average Bonchev–Trinajstić information content (AvgIpc) is 3.32. The number of amides is 1. The van der Waals surface area contributed by atoms with Crippen molar-refractivity contribution in [2.75, 3.05) is 26.3 Å². The van der Waals surface area contributed by atoms with E-state index in [1.165, 1.54) is 0 Å². The molecule has 1 saturated heterocycles. The van der Waals surface area contributed by atoms with Crippen molar-refractivity contribution in [1.29, 1.82) is 0 Å². The summed E-state index contributed by atoms with van der Waals surface area (Å²) in [4.78, 5) is 14.5. The Morgan fingerprint density at radius 1 is 1.12 bits per heavy atom. The summed E-state index contributed by atoms with van der Waals surface area (Å²) in [6.07, 6.45) is 1.60. The summed E-state index contributed by atoms with van der Waals surface area (Å²) in [5.74, 6) is 0.535. The zero-order valence-electron chi connectivity index (χ0n) is 13.4. The zero-order chi connectivity index (χ0) is 17.2. The van der Waals surface area contributed by atoms with Gasteiger partial charge in [0.1, 0.15) is 5.69 Å². The van der Waals surface area contributed by atoms with E-state index in [-0.39, 0.29) is 5.91 Å². The smallest absolute Gasteiger partial charge is 0.274 e. The molecular weight excluding hydrogens is 342 g/mol. The van der Waals surface area contributed by atoms with Crippen molar-refractivity contribution in [1.82, 2.24) is 14.7 Å². The second-order valence-corrected chi connectivity index (χ2v) is 6.12. The molecule has 1 aliphatic rings. The van der Waals surface area contributed by atoms with Crippen molar-refractivity contribution in [3.8, 4) is 17.1 Å². The number of carbonyl (C=O) groups is 1. The van der Waals surface area contributed by atoms with E-state index >= 15 is 0 Å². The molecule has 3 aromatic rings. The highest BCUT2D eigenvalue weighted by atomic mass is 35.5. The van der Waals surface area contributed by atoms with Gasteiger partial charge in [0.2, 0.25) is 0 Å². The third kappa shape index (κ3) is 3.18. The van der Waals surface area contributed by atoms with Crippen LogP contribution in [-0.4, -0.2) is 46.9 Å². The van der Waals surface area contributed by atoms with E-state index in [4.69, 9.17) is 20.8 Å². The first-order valence-electron chi connectivity index (χ1n) is 7.99. The van der Waals surface area contributed by atoms with Crippen LogP contribution in [0.4, 0.5) is 0 Å². The van der Waals surface area contributed by atoms with E-state index < -0.39 is 0 Å². The predicted octanol–water partition coefficient (Wildman–Crippen LogP) is 3.26. The molecule has 0 spiro atoms. The summed E-state index contributed by atoms with van der Waals surface area (Å²) in [5.41, 5.74) is 1.89. The maximum Gasteiger partial charge on any atom is 0.274 e. The molecule has 3 heterocycles. The average molecular weight is 358 g/mol. The lowest BCUT2D eigenvalue weighted by Crippen LogP contribution is -2.40. The van der Waals surface area contributed by atoms with Gasteiger partial charge in [-0.25, -0.2) is 4.68 Å². The lowest BCUT2D eigenvalue weighted by Gasteiger charge is -2.25. The van der Waals surface area contributed by atoms with Gasteiger partial charge in [-0.05, 0) is 36.4 Å². The molecule has 1 amide bonds. The first-order valence-corrected chi connectivity index (χ1v) is 8.37. The molecule has 25 heavy (non-hydrogen) atoms. The first kappa shape index (κ1) is 15.9. The number of nitrogens with zero attached hydrogens (tertiary/aromatic N) is 3. The number of hydrogen-bond acceptors (Lipinski definition) is 4. The highest BCUT2D eigenvalue weighted by Crippen LogP contribution is 2.26. The van der Waals surface area contributed by atoms with Gasteiger partial charge in [0.05, 0.1) is 25.2 Å². The van der Waals surface area contributed by atoms with E-state index in [1.54, 1.807) is 40.1 Å².